The summed E-state index contributed by atoms with van der Waals surface area (Å²) in [4.78, 5) is 0. The number of aliphatic hydroxyl groups excluding tert-OH is 1. The molecule has 2 N–H and O–H groups in total. The molecule has 1 aliphatic carbocycles. The van der Waals surface area contributed by atoms with Gasteiger partial charge in [0, 0.05) is 25.8 Å². The Morgan fingerprint density at radius 3 is 2.69 bits per heavy atom. The molecule has 0 heterocycles. The second-order valence-electron chi connectivity index (χ2n) is 4.91. The van der Waals surface area contributed by atoms with E-state index in [-0.39, 0.29) is 0 Å². The van der Waals surface area contributed by atoms with Gasteiger partial charge in [-0.15, -0.1) is 0 Å². The van der Waals surface area contributed by atoms with Crippen molar-refractivity contribution in [1.29, 1.82) is 0 Å². The van der Waals surface area contributed by atoms with E-state index in [2.05, 4.69) is 12.2 Å². The molecule has 0 amide bonds. The molecule has 3 heteroatoms. The lowest BCUT2D eigenvalue weighted by molar-refractivity contribution is 0.132. The van der Waals surface area contributed by atoms with Crippen molar-refractivity contribution in [2.75, 3.05) is 20.3 Å². The molecular formula is C13H27NO2. The Hall–Kier alpha value is -0.120. The molecule has 3 unspecified atom stereocenters. The minimum atomic E-state index is 0.321. The fourth-order valence-corrected chi connectivity index (χ4v) is 2.61. The SMILES string of the molecule is CCC(COC)NC1CCCCCC1CO. The summed E-state index contributed by atoms with van der Waals surface area (Å²) in [7, 11) is 1.75. The van der Waals surface area contributed by atoms with Gasteiger partial charge in [0.05, 0.1) is 6.61 Å². The highest BCUT2D eigenvalue weighted by Gasteiger charge is 2.24. The highest BCUT2D eigenvalue weighted by Crippen LogP contribution is 2.23. The first-order valence-corrected chi connectivity index (χ1v) is 6.67. The molecule has 0 saturated heterocycles. The van der Waals surface area contributed by atoms with Crippen molar-refractivity contribution in [1.82, 2.24) is 5.32 Å². The van der Waals surface area contributed by atoms with Crippen LogP contribution in [0.1, 0.15) is 45.4 Å². The topological polar surface area (TPSA) is 41.5 Å². The molecule has 1 saturated carbocycles. The van der Waals surface area contributed by atoms with Crippen molar-refractivity contribution < 1.29 is 9.84 Å². The van der Waals surface area contributed by atoms with Gasteiger partial charge in [0.1, 0.15) is 0 Å². The average Bonchev–Trinajstić information content (AvgIpc) is 2.53. The van der Waals surface area contributed by atoms with Crippen LogP contribution in [0.2, 0.25) is 0 Å². The zero-order chi connectivity index (χ0) is 11.8. The smallest absolute Gasteiger partial charge is 0.0615 e. The molecule has 0 aromatic heterocycles. The van der Waals surface area contributed by atoms with Crippen LogP contribution >= 0.6 is 0 Å². The number of hydrogen-bond acceptors (Lipinski definition) is 3. The molecule has 1 aliphatic rings. The molecule has 1 rings (SSSR count). The molecule has 3 nitrogen and oxygen atoms in total. The monoisotopic (exact) mass is 229 g/mol. The molecule has 0 radical (unpaired) electrons. The Kier molecular flexibility index (Phi) is 7.01. The summed E-state index contributed by atoms with van der Waals surface area (Å²) in [6.07, 6.45) is 7.32. The summed E-state index contributed by atoms with van der Waals surface area (Å²) in [5.41, 5.74) is 0. The maximum Gasteiger partial charge on any atom is 0.0615 e. The molecule has 96 valence electrons. The van der Waals surface area contributed by atoms with Crippen LogP contribution in [0, 0.1) is 5.92 Å². The normalized spacial score (nSPS) is 28.7. The molecule has 0 spiro atoms. The minimum Gasteiger partial charge on any atom is -0.396 e. The van der Waals surface area contributed by atoms with Crippen molar-refractivity contribution >= 4 is 0 Å². The van der Waals surface area contributed by atoms with Gasteiger partial charge in [0.15, 0.2) is 0 Å². The van der Waals surface area contributed by atoms with Crippen LogP contribution in [0.5, 0.6) is 0 Å². The molecule has 0 bridgehead atoms. The van der Waals surface area contributed by atoms with Crippen LogP contribution in [-0.4, -0.2) is 37.5 Å². The molecule has 0 aromatic rings. The van der Waals surface area contributed by atoms with E-state index in [1.165, 1.54) is 25.7 Å². The minimum absolute atomic E-state index is 0.321. The summed E-state index contributed by atoms with van der Waals surface area (Å²) in [6.45, 7) is 3.27. The third kappa shape index (κ3) is 4.40. The predicted molar refractivity (Wildman–Crippen MR) is 66.5 cm³/mol. The zero-order valence-electron chi connectivity index (χ0n) is 10.7. The maximum absolute atomic E-state index is 9.43. The number of ether oxygens (including phenoxy) is 1. The molecular weight excluding hydrogens is 202 g/mol. The standard InChI is InChI=1S/C13H27NO2/c1-3-12(10-16-2)14-13-8-6-4-5-7-11(13)9-15/h11-15H,3-10H2,1-2H3. The van der Waals surface area contributed by atoms with Gasteiger partial charge in [0.2, 0.25) is 0 Å². The maximum atomic E-state index is 9.43. The van der Waals surface area contributed by atoms with Crippen molar-refractivity contribution in [2.24, 2.45) is 5.92 Å². The Balaban J connectivity index is 2.46. The van der Waals surface area contributed by atoms with Crippen LogP contribution in [0.4, 0.5) is 0 Å². The van der Waals surface area contributed by atoms with Gasteiger partial charge in [0.25, 0.3) is 0 Å². The Morgan fingerprint density at radius 1 is 1.31 bits per heavy atom. The third-order valence-corrected chi connectivity index (χ3v) is 3.70. The van der Waals surface area contributed by atoms with Crippen molar-refractivity contribution in [3.05, 3.63) is 0 Å². The van der Waals surface area contributed by atoms with Crippen LogP contribution in [0.15, 0.2) is 0 Å². The number of hydrogen-bond donors (Lipinski definition) is 2. The highest BCUT2D eigenvalue weighted by atomic mass is 16.5. The van der Waals surface area contributed by atoms with E-state index in [1.54, 1.807) is 7.11 Å². The molecule has 0 aromatic carbocycles. The summed E-state index contributed by atoms with van der Waals surface area (Å²) < 4.78 is 5.21. The Morgan fingerprint density at radius 2 is 2.06 bits per heavy atom. The second kappa shape index (κ2) is 8.04. The van der Waals surface area contributed by atoms with Crippen molar-refractivity contribution in [2.45, 2.75) is 57.5 Å². The van der Waals surface area contributed by atoms with E-state index < -0.39 is 0 Å². The average molecular weight is 229 g/mol. The third-order valence-electron chi connectivity index (χ3n) is 3.70. The first-order valence-electron chi connectivity index (χ1n) is 6.67. The summed E-state index contributed by atoms with van der Waals surface area (Å²) in [5.74, 6) is 0.438. The van der Waals surface area contributed by atoms with Crippen molar-refractivity contribution in [3.8, 4) is 0 Å². The van der Waals surface area contributed by atoms with E-state index in [9.17, 15) is 5.11 Å². The first-order chi connectivity index (χ1) is 7.81. The fourth-order valence-electron chi connectivity index (χ4n) is 2.61. The number of rotatable bonds is 6. The lowest BCUT2D eigenvalue weighted by Gasteiger charge is -2.29. The largest absolute Gasteiger partial charge is 0.396 e. The van der Waals surface area contributed by atoms with E-state index in [1.807, 2.05) is 0 Å². The first kappa shape index (κ1) is 13.9. The quantitative estimate of drug-likeness (QED) is 0.684. The number of nitrogens with one attached hydrogen (secondary N) is 1. The fraction of sp³-hybridized carbons (Fsp3) is 1.00. The van der Waals surface area contributed by atoms with E-state index in [4.69, 9.17) is 4.74 Å². The predicted octanol–water partition coefficient (Wildman–Crippen LogP) is 1.94. The van der Waals surface area contributed by atoms with Gasteiger partial charge in [-0.1, -0.05) is 26.2 Å². The van der Waals surface area contributed by atoms with Gasteiger partial charge in [-0.3, -0.25) is 0 Å². The summed E-state index contributed by atoms with van der Waals surface area (Å²) in [6, 6.07) is 0.912. The van der Waals surface area contributed by atoms with Crippen LogP contribution in [-0.2, 0) is 4.74 Å². The van der Waals surface area contributed by atoms with Gasteiger partial charge < -0.3 is 15.2 Å². The molecule has 0 aliphatic heterocycles. The lowest BCUT2D eigenvalue weighted by Crippen LogP contribution is -2.45. The van der Waals surface area contributed by atoms with E-state index >= 15 is 0 Å². The number of aliphatic hydroxyl groups is 1. The van der Waals surface area contributed by atoms with Gasteiger partial charge in [-0.2, -0.15) is 0 Å². The van der Waals surface area contributed by atoms with Crippen LogP contribution in [0.25, 0.3) is 0 Å². The molecule has 16 heavy (non-hydrogen) atoms. The second-order valence-corrected chi connectivity index (χ2v) is 4.91. The highest BCUT2D eigenvalue weighted by molar-refractivity contribution is 4.82. The van der Waals surface area contributed by atoms with E-state index in [0.29, 0.717) is 24.6 Å². The molecule has 1 fully saturated rings. The van der Waals surface area contributed by atoms with E-state index in [0.717, 1.165) is 19.4 Å². The van der Waals surface area contributed by atoms with Crippen LogP contribution < -0.4 is 5.32 Å². The van der Waals surface area contributed by atoms with Crippen LogP contribution in [0.3, 0.4) is 0 Å². The Labute approximate surface area is 99.6 Å². The lowest BCUT2D eigenvalue weighted by atomic mass is 9.94. The van der Waals surface area contributed by atoms with Crippen molar-refractivity contribution in [3.63, 3.8) is 0 Å². The van der Waals surface area contributed by atoms with Gasteiger partial charge in [-0.25, -0.2) is 0 Å². The van der Waals surface area contributed by atoms with Gasteiger partial charge in [-0.05, 0) is 25.2 Å². The number of methoxy groups -OCH3 is 1. The summed E-state index contributed by atoms with van der Waals surface area (Å²) in [5, 5.41) is 13.1. The van der Waals surface area contributed by atoms with Gasteiger partial charge >= 0.3 is 0 Å². The Bertz CT molecular complexity index is 175. The molecule has 3 atom stereocenters. The zero-order valence-corrected chi connectivity index (χ0v) is 10.7. The summed E-state index contributed by atoms with van der Waals surface area (Å²) >= 11 is 0.